The molecule has 10 heteroatoms. The highest BCUT2D eigenvalue weighted by molar-refractivity contribution is 7.46. The number of allylic oxidation sites excluding steroid dienone is 8. The summed E-state index contributed by atoms with van der Waals surface area (Å²) in [6.45, 7) is 5.82. The van der Waals surface area contributed by atoms with Gasteiger partial charge in [-0.25, -0.2) is 4.57 Å². The Kier molecular flexibility index (Phi) is 36.0. The lowest BCUT2D eigenvalue weighted by molar-refractivity contribution is -0.161. The van der Waals surface area contributed by atoms with E-state index in [0.717, 1.165) is 38.0 Å². The lowest BCUT2D eigenvalue weighted by Gasteiger charge is -2.18. The average Bonchev–Trinajstić information content (AvgIpc) is 3.14. The third-order valence-electron chi connectivity index (χ3n) is 9.17. The lowest BCUT2D eigenvalue weighted by Crippen LogP contribution is -2.29. The van der Waals surface area contributed by atoms with Gasteiger partial charge in [0.05, 0.1) is 12.7 Å². The fourth-order valence-electron chi connectivity index (χ4n) is 5.65. The lowest BCUT2D eigenvalue weighted by atomic mass is 9.99. The number of hydrogen-bond acceptors (Lipinski definition) is 7. The summed E-state index contributed by atoms with van der Waals surface area (Å²) in [7, 11) is -4.79. The van der Waals surface area contributed by atoms with Crippen molar-refractivity contribution in [3.05, 3.63) is 60.8 Å². The molecule has 0 amide bonds. The topological polar surface area (TPSA) is 140 Å². The predicted octanol–water partition coefficient (Wildman–Crippen LogP) is 11.7. The zero-order valence-corrected chi connectivity index (χ0v) is 35.0. The molecule has 0 saturated carbocycles. The quantitative estimate of drug-likeness (QED) is 0.0185. The molecule has 0 aliphatic carbocycles. The highest BCUT2D eigenvalue weighted by Crippen LogP contribution is 2.36. The number of aliphatic hydroxyl groups is 1. The molecule has 0 rings (SSSR count). The smallest absolute Gasteiger partial charge is 0.462 e. The Morgan fingerprint density at radius 3 is 1.81 bits per heavy atom. The fourth-order valence-corrected chi connectivity index (χ4v) is 6.01. The van der Waals surface area contributed by atoms with Gasteiger partial charge in [0.2, 0.25) is 0 Å². The molecule has 0 aliphatic heterocycles. The molecule has 0 heterocycles. The fraction of sp³-hybridized carbons (Fsp3) is 0.727. The van der Waals surface area contributed by atoms with Crippen LogP contribution < -0.4 is 0 Å². The first-order valence-corrected chi connectivity index (χ1v) is 22.6. The number of unbranched alkanes of at least 4 members (excludes halogenated alkanes) is 14. The maximum Gasteiger partial charge on any atom is 0.469 e. The van der Waals surface area contributed by atoms with Crippen LogP contribution in [0.5, 0.6) is 0 Å². The summed E-state index contributed by atoms with van der Waals surface area (Å²) >= 11 is 0. The van der Waals surface area contributed by atoms with Crippen LogP contribution in [0, 0.1) is 5.92 Å². The van der Waals surface area contributed by atoms with Crippen molar-refractivity contribution in [2.24, 2.45) is 5.92 Å². The van der Waals surface area contributed by atoms with Gasteiger partial charge in [0.25, 0.3) is 0 Å². The zero-order valence-electron chi connectivity index (χ0n) is 34.1. The average molecular weight is 781 g/mol. The molecule has 0 bridgehead atoms. The van der Waals surface area contributed by atoms with Crippen LogP contribution in [0.25, 0.3) is 0 Å². The van der Waals surface area contributed by atoms with E-state index in [9.17, 15) is 19.3 Å². The highest BCUT2D eigenvalue weighted by atomic mass is 31.2. The maximum absolute atomic E-state index is 12.4. The van der Waals surface area contributed by atoms with Gasteiger partial charge < -0.3 is 24.4 Å². The van der Waals surface area contributed by atoms with E-state index >= 15 is 0 Å². The first kappa shape index (κ1) is 51.7. The van der Waals surface area contributed by atoms with Crippen LogP contribution in [0.15, 0.2) is 60.8 Å². The Hall–Kier alpha value is -2.29. The number of aliphatic hydroxyl groups excluding tert-OH is 1. The van der Waals surface area contributed by atoms with Gasteiger partial charge in [0.15, 0.2) is 6.10 Å². The molecule has 3 atom stereocenters. The summed E-state index contributed by atoms with van der Waals surface area (Å²) < 4.78 is 26.3. The van der Waals surface area contributed by atoms with Crippen LogP contribution in [0.1, 0.15) is 175 Å². The minimum Gasteiger partial charge on any atom is -0.462 e. The van der Waals surface area contributed by atoms with Crippen molar-refractivity contribution in [3.63, 3.8) is 0 Å². The van der Waals surface area contributed by atoms with Gasteiger partial charge in [0.1, 0.15) is 6.61 Å². The predicted molar refractivity (Wildman–Crippen MR) is 222 cm³/mol. The van der Waals surface area contributed by atoms with Crippen LogP contribution in [0.3, 0.4) is 0 Å². The molecule has 0 aromatic carbocycles. The third kappa shape index (κ3) is 39.4. The molecule has 0 fully saturated rings. The summed E-state index contributed by atoms with van der Waals surface area (Å²) in [5.41, 5.74) is 0. The van der Waals surface area contributed by atoms with Crippen molar-refractivity contribution in [2.45, 2.75) is 187 Å². The van der Waals surface area contributed by atoms with Crippen molar-refractivity contribution in [2.75, 3.05) is 13.2 Å². The van der Waals surface area contributed by atoms with Gasteiger partial charge in [-0.15, -0.1) is 0 Å². The van der Waals surface area contributed by atoms with Gasteiger partial charge >= 0.3 is 19.8 Å². The van der Waals surface area contributed by atoms with Gasteiger partial charge in [-0.2, -0.15) is 0 Å². The van der Waals surface area contributed by atoms with Crippen molar-refractivity contribution < 1.29 is 43.0 Å². The van der Waals surface area contributed by atoms with Crippen molar-refractivity contribution >= 4 is 19.8 Å². The Balaban J connectivity index is 4.07. The molecule has 312 valence electrons. The maximum atomic E-state index is 12.4. The van der Waals surface area contributed by atoms with E-state index < -0.39 is 38.6 Å². The van der Waals surface area contributed by atoms with E-state index in [0.29, 0.717) is 32.1 Å². The largest absolute Gasteiger partial charge is 0.469 e. The number of carbonyl (C=O) groups is 2. The second-order valence-electron chi connectivity index (χ2n) is 14.4. The number of carbonyl (C=O) groups excluding carboxylic acids is 2. The summed E-state index contributed by atoms with van der Waals surface area (Å²) in [6, 6.07) is 0. The van der Waals surface area contributed by atoms with Crippen LogP contribution in [0.2, 0.25) is 0 Å². The number of rotatable bonds is 37. The van der Waals surface area contributed by atoms with Crippen LogP contribution in [-0.4, -0.2) is 52.3 Å². The molecule has 0 radical (unpaired) electrons. The number of esters is 2. The Bertz CT molecular complexity index is 1090. The molecule has 2 unspecified atom stereocenters. The number of ether oxygens (including phenoxy) is 2. The van der Waals surface area contributed by atoms with Crippen LogP contribution >= 0.6 is 7.82 Å². The molecular formula is C44H77O9P. The summed E-state index contributed by atoms with van der Waals surface area (Å²) in [5, 5.41) is 9.98. The zero-order chi connectivity index (χ0) is 40.0. The standard InChI is InChI=1S/C44H77O9P/c1-4-6-7-8-24-29-34-41(45)35-30-25-20-17-18-22-27-32-37-44(47)53-42(39-52-54(48,49)50)38-51-43(46)36-31-26-21-16-14-12-10-9-11-13-15-19-23-28-33-40(3)5-2/h6-7,18,20,22,24-25,29-30,35,40-42,45H,4-5,8-17,19,21,23,26-28,31-34,36-39H2,1-3H3,(H2,48,49,50)/b7-6-,22-18-,25-20-,29-24-,35-30+/t40?,41?,42-/m1/s1. The number of phosphoric ester groups is 1. The van der Waals surface area contributed by atoms with E-state index in [-0.39, 0.29) is 19.4 Å². The van der Waals surface area contributed by atoms with E-state index in [1.54, 1.807) is 6.08 Å². The second kappa shape index (κ2) is 37.6. The van der Waals surface area contributed by atoms with Gasteiger partial charge in [-0.3, -0.25) is 14.1 Å². The van der Waals surface area contributed by atoms with Crippen LogP contribution in [0.4, 0.5) is 0 Å². The van der Waals surface area contributed by atoms with E-state index in [4.69, 9.17) is 19.3 Å². The summed E-state index contributed by atoms with van der Waals surface area (Å²) in [4.78, 5) is 42.8. The van der Waals surface area contributed by atoms with Crippen molar-refractivity contribution in [1.29, 1.82) is 0 Å². The van der Waals surface area contributed by atoms with E-state index in [1.807, 2.05) is 42.5 Å². The molecule has 0 saturated heterocycles. The van der Waals surface area contributed by atoms with E-state index in [2.05, 4.69) is 37.4 Å². The number of hydrogen-bond donors (Lipinski definition) is 3. The van der Waals surface area contributed by atoms with Crippen molar-refractivity contribution in [1.82, 2.24) is 0 Å². The second-order valence-corrected chi connectivity index (χ2v) is 15.6. The summed E-state index contributed by atoms with van der Waals surface area (Å²) in [6.07, 6.45) is 42.6. The Morgan fingerprint density at radius 1 is 0.648 bits per heavy atom. The third-order valence-corrected chi connectivity index (χ3v) is 9.66. The van der Waals surface area contributed by atoms with Gasteiger partial charge in [0, 0.05) is 12.8 Å². The minimum atomic E-state index is -4.79. The molecular weight excluding hydrogens is 703 g/mol. The molecule has 3 N–H and O–H groups in total. The Morgan fingerprint density at radius 2 is 1.20 bits per heavy atom. The monoisotopic (exact) mass is 781 g/mol. The molecule has 54 heavy (non-hydrogen) atoms. The first-order valence-electron chi connectivity index (χ1n) is 21.1. The van der Waals surface area contributed by atoms with E-state index in [1.165, 1.54) is 77.0 Å². The molecule has 0 aliphatic rings. The van der Waals surface area contributed by atoms with Gasteiger partial charge in [-0.05, 0) is 50.9 Å². The molecule has 0 aromatic heterocycles. The first-order chi connectivity index (χ1) is 26.1. The van der Waals surface area contributed by atoms with Crippen LogP contribution in [-0.2, 0) is 28.2 Å². The van der Waals surface area contributed by atoms with Crippen molar-refractivity contribution in [3.8, 4) is 0 Å². The molecule has 9 nitrogen and oxygen atoms in total. The minimum absolute atomic E-state index is 0.100. The number of phosphoric acid groups is 1. The molecule has 0 spiro atoms. The molecule has 0 aromatic rings. The normalized spacial score (nSPS) is 14.3. The van der Waals surface area contributed by atoms with Gasteiger partial charge in [-0.1, -0.05) is 178 Å². The SMILES string of the molecule is CC/C=C\C/C=C\CC(O)/C=C/C=C\C/C=C\CCCC(=O)O[C@H](COC(=O)CCCCCCCCCCCCCCCCC(C)CC)COP(=O)(O)O. The Labute approximate surface area is 329 Å². The summed E-state index contributed by atoms with van der Waals surface area (Å²) in [5.74, 6) is -0.116. The highest BCUT2D eigenvalue weighted by Gasteiger charge is 2.22.